The van der Waals surface area contributed by atoms with E-state index in [0.717, 1.165) is 32.1 Å². The fraction of sp³-hybridized carbons (Fsp3) is 1.00. The van der Waals surface area contributed by atoms with Gasteiger partial charge in [-0.2, -0.15) is 0 Å². The molecule has 0 atom stereocenters. The first-order valence-electron chi connectivity index (χ1n) is 8.89. The van der Waals surface area contributed by atoms with Crippen LogP contribution in [-0.2, 0) is 0 Å². The molecule has 3 heteroatoms. The first kappa shape index (κ1) is 17.2. The van der Waals surface area contributed by atoms with Crippen molar-refractivity contribution < 1.29 is 4.39 Å². The Bertz CT molecular complexity index is 324. The maximum Gasteiger partial charge on any atom is 0.126 e. The van der Waals surface area contributed by atoms with Crippen LogP contribution in [0.2, 0.25) is 0 Å². The maximum absolute atomic E-state index is 15.1. The SMILES string of the molecule is CC(C)N1CCC(F)(CN2CCC(C)(C(C)C)CC2)CC1. The van der Waals surface area contributed by atoms with E-state index in [2.05, 4.69) is 44.4 Å². The predicted molar refractivity (Wildman–Crippen MR) is 88.4 cm³/mol. The highest BCUT2D eigenvalue weighted by Gasteiger charge is 2.39. The summed E-state index contributed by atoms with van der Waals surface area (Å²) >= 11 is 0. The van der Waals surface area contributed by atoms with Crippen molar-refractivity contribution in [1.29, 1.82) is 0 Å². The largest absolute Gasteiger partial charge is 0.301 e. The van der Waals surface area contributed by atoms with Gasteiger partial charge in [-0.1, -0.05) is 20.8 Å². The summed E-state index contributed by atoms with van der Waals surface area (Å²) in [7, 11) is 0. The summed E-state index contributed by atoms with van der Waals surface area (Å²) in [5.74, 6) is 0.730. The highest BCUT2D eigenvalue weighted by atomic mass is 19.1. The predicted octanol–water partition coefficient (Wildman–Crippen LogP) is 3.96. The average Bonchev–Trinajstić information content (AvgIpc) is 2.42. The summed E-state index contributed by atoms with van der Waals surface area (Å²) < 4.78 is 15.1. The van der Waals surface area contributed by atoms with Gasteiger partial charge in [0, 0.05) is 25.7 Å². The Labute approximate surface area is 131 Å². The summed E-state index contributed by atoms with van der Waals surface area (Å²) in [4.78, 5) is 4.79. The van der Waals surface area contributed by atoms with Gasteiger partial charge in [-0.05, 0) is 64.0 Å². The number of nitrogens with zero attached hydrogens (tertiary/aromatic N) is 2. The normalized spacial score (nSPS) is 27.4. The van der Waals surface area contributed by atoms with Gasteiger partial charge < -0.3 is 9.80 Å². The second kappa shape index (κ2) is 6.54. The van der Waals surface area contributed by atoms with E-state index < -0.39 is 5.67 Å². The van der Waals surface area contributed by atoms with Gasteiger partial charge in [0.1, 0.15) is 5.67 Å². The molecule has 0 radical (unpaired) electrons. The highest BCUT2D eigenvalue weighted by molar-refractivity contribution is 4.92. The van der Waals surface area contributed by atoms with Gasteiger partial charge in [0.25, 0.3) is 0 Å². The van der Waals surface area contributed by atoms with Crippen LogP contribution in [0.5, 0.6) is 0 Å². The molecule has 0 aliphatic carbocycles. The first-order chi connectivity index (χ1) is 9.74. The van der Waals surface area contributed by atoms with Gasteiger partial charge in [-0.3, -0.25) is 0 Å². The summed E-state index contributed by atoms with van der Waals surface area (Å²) in [6.07, 6.45) is 3.87. The maximum atomic E-state index is 15.1. The summed E-state index contributed by atoms with van der Waals surface area (Å²) in [5, 5.41) is 0. The van der Waals surface area contributed by atoms with E-state index in [1.807, 2.05) is 0 Å². The molecule has 0 N–H and O–H groups in total. The molecule has 2 rings (SSSR count). The number of rotatable bonds is 4. The van der Waals surface area contributed by atoms with E-state index in [9.17, 15) is 0 Å². The minimum absolute atomic E-state index is 0.459. The Morgan fingerprint density at radius 2 is 1.43 bits per heavy atom. The lowest BCUT2D eigenvalue weighted by Crippen LogP contribution is -2.52. The van der Waals surface area contributed by atoms with Crippen molar-refractivity contribution in [2.24, 2.45) is 11.3 Å². The van der Waals surface area contributed by atoms with Gasteiger partial charge in [-0.15, -0.1) is 0 Å². The number of hydrogen-bond donors (Lipinski definition) is 0. The Balaban J connectivity index is 1.81. The number of hydrogen-bond acceptors (Lipinski definition) is 2. The topological polar surface area (TPSA) is 6.48 Å². The van der Waals surface area contributed by atoms with Gasteiger partial charge >= 0.3 is 0 Å². The molecule has 0 saturated carbocycles. The molecule has 0 bridgehead atoms. The lowest BCUT2D eigenvalue weighted by Gasteiger charge is -2.45. The Kier molecular flexibility index (Phi) is 5.36. The third-order valence-corrected chi connectivity index (χ3v) is 6.32. The van der Waals surface area contributed by atoms with E-state index in [0.29, 0.717) is 30.8 Å². The van der Waals surface area contributed by atoms with Crippen molar-refractivity contribution in [3.8, 4) is 0 Å². The van der Waals surface area contributed by atoms with Crippen LogP contribution in [0.1, 0.15) is 60.3 Å². The molecule has 0 aromatic heterocycles. The van der Waals surface area contributed by atoms with E-state index in [4.69, 9.17) is 0 Å². The van der Waals surface area contributed by atoms with Crippen molar-refractivity contribution in [3.63, 3.8) is 0 Å². The Morgan fingerprint density at radius 1 is 0.905 bits per heavy atom. The number of alkyl halides is 1. The quantitative estimate of drug-likeness (QED) is 0.775. The molecular weight excluding hydrogens is 263 g/mol. The van der Waals surface area contributed by atoms with Crippen LogP contribution in [0, 0.1) is 11.3 Å². The monoisotopic (exact) mass is 298 g/mol. The van der Waals surface area contributed by atoms with Crippen LogP contribution in [0.25, 0.3) is 0 Å². The van der Waals surface area contributed by atoms with E-state index >= 15 is 4.39 Å². The zero-order chi connectivity index (χ0) is 15.7. The number of halogens is 1. The molecule has 0 amide bonds. The lowest BCUT2D eigenvalue weighted by molar-refractivity contribution is -0.00685. The molecular formula is C18H35FN2. The molecule has 2 fully saturated rings. The van der Waals surface area contributed by atoms with Crippen molar-refractivity contribution in [3.05, 3.63) is 0 Å². The van der Waals surface area contributed by atoms with Crippen LogP contribution in [0.4, 0.5) is 4.39 Å². The third-order valence-electron chi connectivity index (χ3n) is 6.32. The summed E-state index contributed by atoms with van der Waals surface area (Å²) in [6.45, 7) is 16.1. The molecule has 0 unspecified atom stereocenters. The highest BCUT2D eigenvalue weighted by Crippen LogP contribution is 2.39. The third kappa shape index (κ3) is 4.19. The van der Waals surface area contributed by atoms with Gasteiger partial charge in [0.05, 0.1) is 0 Å². The molecule has 2 aliphatic rings. The molecule has 124 valence electrons. The summed E-state index contributed by atoms with van der Waals surface area (Å²) in [6, 6.07) is 0.552. The van der Waals surface area contributed by atoms with Gasteiger partial charge in [0.2, 0.25) is 0 Å². The van der Waals surface area contributed by atoms with Crippen molar-refractivity contribution >= 4 is 0 Å². The second-order valence-corrected chi connectivity index (χ2v) is 8.37. The van der Waals surface area contributed by atoms with Gasteiger partial charge in [-0.25, -0.2) is 4.39 Å². The van der Waals surface area contributed by atoms with Gasteiger partial charge in [0.15, 0.2) is 0 Å². The van der Waals surface area contributed by atoms with E-state index in [-0.39, 0.29) is 0 Å². The van der Waals surface area contributed by atoms with Crippen LogP contribution < -0.4 is 0 Å². The Hall–Kier alpha value is -0.150. The second-order valence-electron chi connectivity index (χ2n) is 8.37. The smallest absolute Gasteiger partial charge is 0.126 e. The molecule has 0 aromatic carbocycles. The van der Waals surface area contributed by atoms with Crippen LogP contribution in [0.15, 0.2) is 0 Å². The Morgan fingerprint density at radius 3 is 1.86 bits per heavy atom. The standard InChI is InChI=1S/C18H35FN2/c1-15(2)17(5)6-10-20(11-7-17)14-18(19)8-12-21(13-9-18)16(3)4/h15-16H,6-14H2,1-5H3. The van der Waals surface area contributed by atoms with Crippen LogP contribution >= 0.6 is 0 Å². The van der Waals surface area contributed by atoms with Crippen molar-refractivity contribution in [2.75, 3.05) is 32.7 Å². The number of piperidine rings is 2. The molecule has 0 spiro atoms. The zero-order valence-electron chi connectivity index (χ0n) is 14.8. The molecule has 2 nitrogen and oxygen atoms in total. The van der Waals surface area contributed by atoms with Crippen molar-refractivity contribution in [2.45, 2.75) is 72.0 Å². The fourth-order valence-electron chi connectivity index (χ4n) is 3.80. The molecule has 2 heterocycles. The first-order valence-corrected chi connectivity index (χ1v) is 8.89. The minimum atomic E-state index is -0.947. The molecule has 2 aliphatic heterocycles. The zero-order valence-corrected chi connectivity index (χ0v) is 14.8. The average molecular weight is 298 g/mol. The number of likely N-dealkylation sites (tertiary alicyclic amines) is 2. The molecule has 2 saturated heterocycles. The molecule has 21 heavy (non-hydrogen) atoms. The van der Waals surface area contributed by atoms with Crippen LogP contribution in [-0.4, -0.2) is 54.2 Å². The van der Waals surface area contributed by atoms with Crippen molar-refractivity contribution in [1.82, 2.24) is 9.80 Å². The van der Waals surface area contributed by atoms with E-state index in [1.54, 1.807) is 0 Å². The lowest BCUT2D eigenvalue weighted by atomic mass is 9.71. The molecule has 0 aromatic rings. The van der Waals surface area contributed by atoms with E-state index in [1.165, 1.54) is 12.8 Å². The van der Waals surface area contributed by atoms with Crippen LogP contribution in [0.3, 0.4) is 0 Å². The minimum Gasteiger partial charge on any atom is -0.301 e. The summed E-state index contributed by atoms with van der Waals surface area (Å²) in [5.41, 5.74) is -0.488. The fourth-order valence-corrected chi connectivity index (χ4v) is 3.80.